The average molecular weight is 470 g/mol. The summed E-state index contributed by atoms with van der Waals surface area (Å²) < 4.78 is 13.6. The first kappa shape index (κ1) is 21.0. The molecule has 0 radical (unpaired) electrons. The van der Waals surface area contributed by atoms with Crippen LogP contribution < -0.4 is 5.32 Å². The predicted octanol–water partition coefficient (Wildman–Crippen LogP) is 5.47. The fourth-order valence-electron chi connectivity index (χ4n) is 5.17. The van der Waals surface area contributed by atoms with Gasteiger partial charge >= 0.3 is 0 Å². The van der Waals surface area contributed by atoms with Gasteiger partial charge in [0.25, 0.3) is 0 Å². The molecule has 3 atom stereocenters. The van der Waals surface area contributed by atoms with Crippen LogP contribution >= 0.6 is 23.2 Å². The SMILES string of the molecule is O=C1C[C@@H](c2cccc(Cl)c2)[C@@]2(C=C1c1ccc(F)cc1O)C(=O)NC1=CC(Cl)=CCC12. The minimum atomic E-state index is -1.10. The lowest BCUT2D eigenvalue weighted by Crippen LogP contribution is -2.43. The average Bonchev–Trinajstić information content (AvgIpc) is 3.00. The van der Waals surface area contributed by atoms with Crippen molar-refractivity contribution >= 4 is 40.5 Å². The summed E-state index contributed by atoms with van der Waals surface area (Å²) in [6.45, 7) is 0. The van der Waals surface area contributed by atoms with Crippen LogP contribution in [0.1, 0.15) is 29.9 Å². The number of phenolic OH excluding ortho intramolecular Hbond substituents is 1. The number of aromatic hydroxyl groups is 1. The molecule has 2 N–H and O–H groups in total. The molecule has 162 valence electrons. The first-order valence-electron chi connectivity index (χ1n) is 10.2. The molecular weight excluding hydrogens is 452 g/mol. The Labute approximate surface area is 194 Å². The number of Topliss-reactive ketones (excluding diaryl/α,β-unsaturated/α-hetero) is 1. The van der Waals surface area contributed by atoms with Gasteiger partial charge in [0, 0.05) is 51.2 Å². The third kappa shape index (κ3) is 3.19. The smallest absolute Gasteiger partial charge is 0.235 e. The molecule has 1 aliphatic heterocycles. The molecule has 1 amide bonds. The van der Waals surface area contributed by atoms with Crippen LogP contribution in [-0.4, -0.2) is 16.8 Å². The molecule has 2 aliphatic carbocycles. The summed E-state index contributed by atoms with van der Waals surface area (Å²) in [5.41, 5.74) is 0.784. The molecule has 1 spiro atoms. The summed E-state index contributed by atoms with van der Waals surface area (Å²) in [5.74, 6) is -2.19. The topological polar surface area (TPSA) is 66.4 Å². The summed E-state index contributed by atoms with van der Waals surface area (Å²) in [4.78, 5) is 26.9. The Kier molecular flexibility index (Phi) is 4.99. The number of carbonyl (C=O) groups is 2. The van der Waals surface area contributed by atoms with E-state index in [0.717, 1.165) is 11.6 Å². The van der Waals surface area contributed by atoms with Gasteiger partial charge in [0.05, 0.1) is 5.41 Å². The van der Waals surface area contributed by atoms with E-state index in [4.69, 9.17) is 23.2 Å². The van der Waals surface area contributed by atoms with Crippen molar-refractivity contribution in [1.82, 2.24) is 5.32 Å². The number of amides is 1. The maximum Gasteiger partial charge on any atom is 0.235 e. The van der Waals surface area contributed by atoms with E-state index >= 15 is 0 Å². The Morgan fingerprint density at radius 3 is 2.66 bits per heavy atom. The quantitative estimate of drug-likeness (QED) is 0.612. The highest BCUT2D eigenvalue weighted by atomic mass is 35.5. The third-order valence-corrected chi connectivity index (χ3v) is 7.09. The summed E-state index contributed by atoms with van der Waals surface area (Å²) in [6.07, 6.45) is 5.79. The van der Waals surface area contributed by atoms with Gasteiger partial charge in [-0.25, -0.2) is 4.39 Å². The number of carbonyl (C=O) groups excluding carboxylic acids is 2. The molecule has 7 heteroatoms. The van der Waals surface area contributed by atoms with Gasteiger partial charge in [0.15, 0.2) is 5.78 Å². The molecule has 0 aromatic heterocycles. The first-order valence-corrected chi connectivity index (χ1v) is 10.9. The number of ketones is 1. The van der Waals surface area contributed by atoms with Gasteiger partial charge in [-0.15, -0.1) is 0 Å². The number of nitrogens with one attached hydrogen (secondary N) is 1. The van der Waals surface area contributed by atoms with Crippen molar-refractivity contribution in [3.05, 3.63) is 93.4 Å². The van der Waals surface area contributed by atoms with Gasteiger partial charge in [-0.05, 0) is 42.3 Å². The van der Waals surface area contributed by atoms with Crippen LogP contribution in [0.4, 0.5) is 4.39 Å². The van der Waals surface area contributed by atoms with E-state index in [-0.39, 0.29) is 40.9 Å². The number of benzene rings is 2. The Balaban J connectivity index is 1.75. The first-order chi connectivity index (χ1) is 15.3. The number of rotatable bonds is 2. The minimum absolute atomic E-state index is 0.0393. The van der Waals surface area contributed by atoms with Crippen molar-refractivity contribution in [3.63, 3.8) is 0 Å². The third-order valence-electron chi connectivity index (χ3n) is 6.60. The lowest BCUT2D eigenvalue weighted by atomic mass is 9.58. The van der Waals surface area contributed by atoms with Crippen LogP contribution in [0, 0.1) is 17.2 Å². The summed E-state index contributed by atoms with van der Waals surface area (Å²) in [7, 11) is 0. The van der Waals surface area contributed by atoms with Crippen molar-refractivity contribution in [2.24, 2.45) is 11.3 Å². The van der Waals surface area contributed by atoms with Crippen LogP contribution in [-0.2, 0) is 9.59 Å². The highest BCUT2D eigenvalue weighted by Gasteiger charge is 2.59. The molecule has 2 aromatic rings. The molecule has 1 heterocycles. The molecular formula is C25H18Cl2FNO3. The van der Waals surface area contributed by atoms with Crippen molar-refractivity contribution in [1.29, 1.82) is 0 Å². The van der Waals surface area contributed by atoms with E-state index in [9.17, 15) is 19.1 Å². The molecule has 1 unspecified atom stereocenters. The molecule has 2 aromatic carbocycles. The number of halogens is 3. The maximum atomic E-state index is 13.6. The normalized spacial score (nSPS) is 26.9. The van der Waals surface area contributed by atoms with Gasteiger partial charge in [-0.1, -0.05) is 47.5 Å². The second kappa shape index (κ2) is 7.61. The summed E-state index contributed by atoms with van der Waals surface area (Å²) in [5, 5.41) is 14.4. The van der Waals surface area contributed by atoms with Crippen LogP contribution in [0.15, 0.2) is 71.4 Å². The number of phenols is 1. The van der Waals surface area contributed by atoms with E-state index in [1.165, 1.54) is 12.1 Å². The molecule has 5 rings (SSSR count). The van der Waals surface area contributed by atoms with Crippen LogP contribution in [0.3, 0.4) is 0 Å². The number of allylic oxidation sites excluding steroid dienone is 5. The fourth-order valence-corrected chi connectivity index (χ4v) is 5.57. The van der Waals surface area contributed by atoms with E-state index in [0.29, 0.717) is 22.2 Å². The maximum absolute atomic E-state index is 13.6. The van der Waals surface area contributed by atoms with Gasteiger partial charge in [-0.2, -0.15) is 0 Å². The van der Waals surface area contributed by atoms with E-state index in [1.54, 1.807) is 30.4 Å². The molecule has 3 aliphatic rings. The zero-order chi connectivity index (χ0) is 22.6. The van der Waals surface area contributed by atoms with Gasteiger partial charge in [0.2, 0.25) is 5.91 Å². The Hall–Kier alpha value is -2.89. The second-order valence-corrected chi connectivity index (χ2v) is 9.19. The van der Waals surface area contributed by atoms with E-state index < -0.39 is 17.2 Å². The van der Waals surface area contributed by atoms with Gasteiger partial charge in [0.1, 0.15) is 11.6 Å². The standard InChI is InChI=1S/C25H18Cl2FNO3/c26-14-3-1-2-13(8-14)20-11-23(31)18(17-6-5-16(28)10-22(17)30)12-25(20)19-7-4-15(27)9-21(19)29-24(25)32/h1-6,8-10,12,19-20,30H,7,11H2,(H,29,32)/t19?,20-,25-/m0/s1. The summed E-state index contributed by atoms with van der Waals surface area (Å²) >= 11 is 12.4. The van der Waals surface area contributed by atoms with Crippen LogP contribution in [0.2, 0.25) is 5.02 Å². The van der Waals surface area contributed by atoms with Crippen molar-refractivity contribution in [3.8, 4) is 5.75 Å². The van der Waals surface area contributed by atoms with Crippen molar-refractivity contribution in [2.45, 2.75) is 18.8 Å². The molecule has 0 bridgehead atoms. The number of hydrogen-bond acceptors (Lipinski definition) is 3. The van der Waals surface area contributed by atoms with E-state index in [1.807, 2.05) is 12.1 Å². The molecule has 0 saturated carbocycles. The predicted molar refractivity (Wildman–Crippen MR) is 121 cm³/mol. The lowest BCUT2D eigenvalue weighted by molar-refractivity contribution is -0.128. The van der Waals surface area contributed by atoms with E-state index in [2.05, 4.69) is 5.32 Å². The highest BCUT2D eigenvalue weighted by Crippen LogP contribution is 2.58. The highest BCUT2D eigenvalue weighted by molar-refractivity contribution is 6.31. The molecule has 1 saturated heterocycles. The zero-order valence-electron chi connectivity index (χ0n) is 16.7. The minimum Gasteiger partial charge on any atom is -0.507 e. The largest absolute Gasteiger partial charge is 0.507 e. The second-order valence-electron chi connectivity index (χ2n) is 8.32. The van der Waals surface area contributed by atoms with Gasteiger partial charge in [-0.3, -0.25) is 9.59 Å². The Bertz CT molecular complexity index is 1270. The fraction of sp³-hybridized carbons (Fsp3) is 0.200. The van der Waals surface area contributed by atoms with Crippen molar-refractivity contribution in [2.75, 3.05) is 0 Å². The number of hydrogen-bond donors (Lipinski definition) is 2. The van der Waals surface area contributed by atoms with Crippen LogP contribution in [0.25, 0.3) is 5.57 Å². The van der Waals surface area contributed by atoms with Crippen molar-refractivity contribution < 1.29 is 19.1 Å². The Morgan fingerprint density at radius 1 is 1.09 bits per heavy atom. The molecule has 1 fully saturated rings. The summed E-state index contributed by atoms with van der Waals surface area (Å²) in [6, 6.07) is 10.7. The number of fused-ring (bicyclic) bond motifs is 2. The Morgan fingerprint density at radius 2 is 1.91 bits per heavy atom. The van der Waals surface area contributed by atoms with Crippen LogP contribution in [0.5, 0.6) is 5.75 Å². The molecule has 4 nitrogen and oxygen atoms in total. The van der Waals surface area contributed by atoms with Gasteiger partial charge < -0.3 is 10.4 Å². The zero-order valence-corrected chi connectivity index (χ0v) is 18.3. The monoisotopic (exact) mass is 469 g/mol. The lowest BCUT2D eigenvalue weighted by Gasteiger charge is -2.41. The molecule has 32 heavy (non-hydrogen) atoms.